The van der Waals surface area contributed by atoms with Gasteiger partial charge >= 0.3 is 0 Å². The van der Waals surface area contributed by atoms with Crippen LogP contribution < -0.4 is 5.73 Å². The molecule has 0 aliphatic heterocycles. The van der Waals surface area contributed by atoms with Crippen LogP contribution in [0.15, 0.2) is 22.8 Å². The molecule has 0 fully saturated rings. The first-order valence-electron chi connectivity index (χ1n) is 3.56. The highest BCUT2D eigenvalue weighted by molar-refractivity contribution is 7.99. The SMILES string of the molecule is Nc1ncnc(Sc2ncn[nH]2)c1Cl. The van der Waals surface area contributed by atoms with Crippen LogP contribution in [0.3, 0.4) is 0 Å². The summed E-state index contributed by atoms with van der Waals surface area (Å²) in [5, 5.41) is 7.85. The van der Waals surface area contributed by atoms with E-state index in [4.69, 9.17) is 17.3 Å². The van der Waals surface area contributed by atoms with Gasteiger partial charge in [0.15, 0.2) is 5.16 Å². The van der Waals surface area contributed by atoms with Crippen molar-refractivity contribution in [3.8, 4) is 0 Å². The Hall–Kier alpha value is -1.34. The van der Waals surface area contributed by atoms with Gasteiger partial charge in [-0.2, -0.15) is 5.10 Å². The van der Waals surface area contributed by atoms with Crippen LogP contribution in [0.25, 0.3) is 0 Å². The van der Waals surface area contributed by atoms with Crippen LogP contribution in [0.4, 0.5) is 5.82 Å². The number of nitrogens with two attached hydrogens (primary N) is 1. The molecule has 8 heteroatoms. The number of aromatic nitrogens is 5. The Morgan fingerprint density at radius 1 is 1.29 bits per heavy atom. The minimum absolute atomic E-state index is 0.253. The summed E-state index contributed by atoms with van der Waals surface area (Å²) in [4.78, 5) is 11.6. The average molecular weight is 229 g/mol. The second kappa shape index (κ2) is 3.81. The number of nitrogens with one attached hydrogen (secondary N) is 1. The van der Waals surface area contributed by atoms with E-state index in [1.54, 1.807) is 0 Å². The van der Waals surface area contributed by atoms with E-state index in [9.17, 15) is 0 Å². The van der Waals surface area contributed by atoms with Gasteiger partial charge in [-0.15, -0.1) is 0 Å². The van der Waals surface area contributed by atoms with Gasteiger partial charge in [-0.3, -0.25) is 5.10 Å². The van der Waals surface area contributed by atoms with Crippen LogP contribution in [-0.4, -0.2) is 25.1 Å². The number of rotatable bonds is 2. The van der Waals surface area contributed by atoms with Crippen LogP contribution in [-0.2, 0) is 0 Å². The van der Waals surface area contributed by atoms with Crippen molar-refractivity contribution in [2.45, 2.75) is 10.2 Å². The van der Waals surface area contributed by atoms with Crippen molar-refractivity contribution in [1.82, 2.24) is 25.1 Å². The predicted octanol–water partition coefficient (Wildman–Crippen LogP) is 0.981. The molecular weight excluding hydrogens is 224 g/mol. The fraction of sp³-hybridized carbons (Fsp3) is 0. The summed E-state index contributed by atoms with van der Waals surface area (Å²) in [5.41, 5.74) is 5.51. The maximum absolute atomic E-state index is 5.88. The molecule has 0 saturated heterocycles. The quantitative estimate of drug-likeness (QED) is 0.745. The zero-order valence-corrected chi connectivity index (χ0v) is 8.38. The summed E-state index contributed by atoms with van der Waals surface area (Å²) in [5.74, 6) is 0.253. The molecule has 2 aromatic rings. The Labute approximate surface area is 88.3 Å². The second-order valence-electron chi connectivity index (χ2n) is 2.27. The third-order valence-corrected chi connectivity index (χ3v) is 2.75. The first-order valence-corrected chi connectivity index (χ1v) is 4.76. The molecule has 0 saturated carbocycles. The summed E-state index contributed by atoms with van der Waals surface area (Å²) < 4.78 is 0. The second-order valence-corrected chi connectivity index (χ2v) is 3.63. The maximum Gasteiger partial charge on any atom is 0.189 e. The Morgan fingerprint density at radius 3 is 2.86 bits per heavy atom. The van der Waals surface area contributed by atoms with E-state index in [1.807, 2.05) is 0 Å². The maximum atomic E-state index is 5.88. The van der Waals surface area contributed by atoms with E-state index in [2.05, 4.69) is 25.1 Å². The normalized spacial score (nSPS) is 10.4. The molecule has 0 bridgehead atoms. The lowest BCUT2D eigenvalue weighted by atomic mass is 10.6. The third-order valence-electron chi connectivity index (χ3n) is 1.37. The lowest BCUT2D eigenvalue weighted by Gasteiger charge is -2.00. The molecule has 2 heterocycles. The number of nitrogens with zero attached hydrogens (tertiary/aromatic N) is 4. The van der Waals surface area contributed by atoms with Crippen molar-refractivity contribution in [3.63, 3.8) is 0 Å². The molecule has 0 atom stereocenters. The minimum Gasteiger partial charge on any atom is -0.382 e. The zero-order chi connectivity index (χ0) is 9.97. The zero-order valence-electron chi connectivity index (χ0n) is 6.81. The Balaban J connectivity index is 2.29. The average Bonchev–Trinajstić information content (AvgIpc) is 2.66. The van der Waals surface area contributed by atoms with Crippen LogP contribution in [0.2, 0.25) is 5.02 Å². The first kappa shape index (κ1) is 9.22. The summed E-state index contributed by atoms with van der Waals surface area (Å²) in [6, 6.07) is 0. The van der Waals surface area contributed by atoms with E-state index in [1.165, 1.54) is 24.4 Å². The first-order chi connectivity index (χ1) is 6.77. The summed E-state index contributed by atoms with van der Waals surface area (Å²) in [6.07, 6.45) is 2.75. The van der Waals surface area contributed by atoms with Crippen molar-refractivity contribution < 1.29 is 0 Å². The van der Waals surface area contributed by atoms with Gasteiger partial charge in [-0.1, -0.05) is 11.6 Å². The summed E-state index contributed by atoms with van der Waals surface area (Å²) >= 11 is 7.12. The molecule has 3 N–H and O–H groups in total. The number of hydrogen-bond donors (Lipinski definition) is 2. The van der Waals surface area contributed by atoms with Crippen molar-refractivity contribution in [3.05, 3.63) is 17.7 Å². The van der Waals surface area contributed by atoms with Gasteiger partial charge < -0.3 is 5.73 Å². The topological polar surface area (TPSA) is 93.4 Å². The van der Waals surface area contributed by atoms with Crippen molar-refractivity contribution in [1.29, 1.82) is 0 Å². The Kier molecular flexibility index (Phi) is 2.51. The van der Waals surface area contributed by atoms with Gasteiger partial charge in [0.1, 0.15) is 28.5 Å². The monoisotopic (exact) mass is 228 g/mol. The summed E-state index contributed by atoms with van der Waals surface area (Å²) in [7, 11) is 0. The van der Waals surface area contributed by atoms with Gasteiger partial charge in [0.05, 0.1) is 0 Å². The molecule has 0 aliphatic carbocycles. The largest absolute Gasteiger partial charge is 0.382 e. The van der Waals surface area contributed by atoms with Gasteiger partial charge in [0.2, 0.25) is 0 Å². The number of halogens is 1. The van der Waals surface area contributed by atoms with Gasteiger partial charge in [-0.05, 0) is 11.8 Å². The minimum atomic E-state index is 0.253. The van der Waals surface area contributed by atoms with E-state index in [-0.39, 0.29) is 5.82 Å². The highest BCUT2D eigenvalue weighted by atomic mass is 35.5. The van der Waals surface area contributed by atoms with E-state index in [0.29, 0.717) is 15.2 Å². The number of H-pyrrole nitrogens is 1. The number of nitrogen functional groups attached to an aromatic ring is 1. The molecule has 14 heavy (non-hydrogen) atoms. The fourth-order valence-electron chi connectivity index (χ4n) is 0.773. The summed E-state index contributed by atoms with van der Waals surface area (Å²) in [6.45, 7) is 0. The molecule has 0 unspecified atom stereocenters. The van der Waals surface area contributed by atoms with Crippen molar-refractivity contribution in [2.24, 2.45) is 0 Å². The fourth-order valence-corrected chi connectivity index (χ4v) is 1.66. The molecule has 72 valence electrons. The van der Waals surface area contributed by atoms with Gasteiger partial charge in [0.25, 0.3) is 0 Å². The van der Waals surface area contributed by atoms with E-state index >= 15 is 0 Å². The lowest BCUT2D eigenvalue weighted by Crippen LogP contribution is -1.94. The van der Waals surface area contributed by atoms with Crippen molar-refractivity contribution in [2.75, 3.05) is 5.73 Å². The smallest absolute Gasteiger partial charge is 0.189 e. The predicted molar refractivity (Wildman–Crippen MR) is 52.0 cm³/mol. The van der Waals surface area contributed by atoms with Crippen LogP contribution in [0, 0.1) is 0 Å². The standard InChI is InChI=1S/C6H5ClN6S/c7-3-4(8)9-1-10-5(3)14-6-11-2-12-13-6/h1-2H,(H2,8,9,10)(H,11,12,13). The highest BCUT2D eigenvalue weighted by Crippen LogP contribution is 2.30. The van der Waals surface area contributed by atoms with E-state index in [0.717, 1.165) is 0 Å². The number of hydrogen-bond acceptors (Lipinski definition) is 6. The highest BCUT2D eigenvalue weighted by Gasteiger charge is 2.09. The Morgan fingerprint density at radius 2 is 2.14 bits per heavy atom. The van der Waals surface area contributed by atoms with Crippen LogP contribution in [0.1, 0.15) is 0 Å². The Bertz CT molecular complexity index is 430. The molecule has 2 rings (SSSR count). The van der Waals surface area contributed by atoms with Crippen LogP contribution in [0.5, 0.6) is 0 Å². The number of anilines is 1. The van der Waals surface area contributed by atoms with Gasteiger partial charge in [-0.25, -0.2) is 15.0 Å². The molecule has 0 radical (unpaired) electrons. The molecule has 2 aromatic heterocycles. The molecule has 6 nitrogen and oxygen atoms in total. The molecule has 0 spiro atoms. The van der Waals surface area contributed by atoms with Gasteiger partial charge in [0, 0.05) is 0 Å². The van der Waals surface area contributed by atoms with Crippen molar-refractivity contribution >= 4 is 29.2 Å². The van der Waals surface area contributed by atoms with Crippen LogP contribution >= 0.6 is 23.4 Å². The third kappa shape index (κ3) is 1.78. The molecular formula is C6H5ClN6S. The molecule has 0 aromatic carbocycles. The molecule has 0 amide bonds. The van der Waals surface area contributed by atoms with E-state index < -0.39 is 0 Å². The lowest BCUT2D eigenvalue weighted by molar-refractivity contribution is 0.963. The number of aromatic amines is 1. The molecule has 0 aliphatic rings.